The molecule has 0 aliphatic carbocycles. The summed E-state index contributed by atoms with van der Waals surface area (Å²) >= 11 is 0. The van der Waals surface area contributed by atoms with E-state index < -0.39 is 0 Å². The second-order valence-corrected chi connectivity index (χ2v) is 4.81. The van der Waals surface area contributed by atoms with E-state index in [0.717, 1.165) is 11.1 Å². The summed E-state index contributed by atoms with van der Waals surface area (Å²) in [5, 5.41) is 14.5. The lowest BCUT2D eigenvalue weighted by atomic mass is 10.1. The van der Waals surface area contributed by atoms with E-state index in [9.17, 15) is 9.18 Å². The summed E-state index contributed by atoms with van der Waals surface area (Å²) in [6, 6.07) is 10.8. The fraction of sp³-hybridized carbons (Fsp3) is 0.188. The molecule has 2 aromatic carbocycles. The summed E-state index contributed by atoms with van der Waals surface area (Å²) in [7, 11) is 0. The van der Waals surface area contributed by atoms with Gasteiger partial charge in [0, 0.05) is 12.2 Å². The van der Waals surface area contributed by atoms with Crippen LogP contribution in [-0.4, -0.2) is 17.7 Å². The second-order valence-electron chi connectivity index (χ2n) is 4.81. The van der Waals surface area contributed by atoms with Gasteiger partial charge in [-0.1, -0.05) is 12.1 Å². The summed E-state index contributed by atoms with van der Waals surface area (Å²) in [5.74, 6) is -0.166. The van der Waals surface area contributed by atoms with E-state index in [0.29, 0.717) is 18.7 Å². The quantitative estimate of drug-likeness (QED) is 0.809. The zero-order valence-electron chi connectivity index (χ0n) is 11.7. The smallest absolute Gasteiger partial charge is 0.319 e. The molecule has 0 spiro atoms. The van der Waals surface area contributed by atoms with Gasteiger partial charge in [0.25, 0.3) is 0 Å². The molecular formula is C16H17FN2O2. The van der Waals surface area contributed by atoms with Gasteiger partial charge in [-0.3, -0.25) is 0 Å². The van der Waals surface area contributed by atoms with Crippen molar-refractivity contribution in [3.8, 4) is 5.75 Å². The van der Waals surface area contributed by atoms with Gasteiger partial charge in [0.15, 0.2) is 0 Å². The first-order valence-electron chi connectivity index (χ1n) is 6.63. The number of hydrogen-bond acceptors (Lipinski definition) is 2. The molecule has 0 saturated heterocycles. The minimum absolute atomic E-state index is 0.214. The second kappa shape index (κ2) is 6.74. The van der Waals surface area contributed by atoms with Crippen LogP contribution in [0.3, 0.4) is 0 Å². The Balaban J connectivity index is 1.80. The van der Waals surface area contributed by atoms with E-state index in [4.69, 9.17) is 5.11 Å². The number of phenolic OH excluding ortho intramolecular Hbond substituents is 1. The molecule has 2 rings (SSSR count). The molecule has 0 bridgehead atoms. The van der Waals surface area contributed by atoms with Crippen molar-refractivity contribution in [2.75, 3.05) is 11.9 Å². The summed E-state index contributed by atoms with van der Waals surface area (Å²) in [6.07, 6.45) is 0.649. The molecule has 0 aromatic heterocycles. The van der Waals surface area contributed by atoms with Gasteiger partial charge in [-0.25, -0.2) is 9.18 Å². The molecule has 0 aliphatic heterocycles. The minimum atomic E-state index is -0.380. The molecular weight excluding hydrogens is 271 g/mol. The van der Waals surface area contributed by atoms with Crippen LogP contribution in [0, 0.1) is 12.7 Å². The number of amides is 2. The Morgan fingerprint density at radius 3 is 2.57 bits per heavy atom. The van der Waals surface area contributed by atoms with Crippen LogP contribution in [0.5, 0.6) is 5.75 Å². The predicted molar refractivity (Wildman–Crippen MR) is 80.0 cm³/mol. The highest BCUT2D eigenvalue weighted by Gasteiger charge is 2.03. The van der Waals surface area contributed by atoms with Gasteiger partial charge in [-0.15, -0.1) is 0 Å². The van der Waals surface area contributed by atoms with Gasteiger partial charge in [-0.05, 0) is 54.8 Å². The Morgan fingerprint density at radius 1 is 1.19 bits per heavy atom. The minimum Gasteiger partial charge on any atom is -0.508 e. The SMILES string of the molecule is Cc1cc(F)cc(NC(=O)NCCc2ccc(O)cc2)c1. The molecule has 0 radical (unpaired) electrons. The maximum atomic E-state index is 13.2. The highest BCUT2D eigenvalue weighted by atomic mass is 19.1. The highest BCUT2D eigenvalue weighted by Crippen LogP contribution is 2.13. The number of aryl methyl sites for hydroxylation is 1. The number of anilines is 1. The van der Waals surface area contributed by atoms with Crippen molar-refractivity contribution < 1.29 is 14.3 Å². The fourth-order valence-corrected chi connectivity index (χ4v) is 1.97. The first kappa shape index (κ1) is 14.8. The molecule has 5 heteroatoms. The highest BCUT2D eigenvalue weighted by molar-refractivity contribution is 5.89. The van der Waals surface area contributed by atoms with Gasteiger partial charge in [0.1, 0.15) is 11.6 Å². The van der Waals surface area contributed by atoms with Gasteiger partial charge in [-0.2, -0.15) is 0 Å². The number of carbonyl (C=O) groups is 1. The topological polar surface area (TPSA) is 61.4 Å². The zero-order valence-corrected chi connectivity index (χ0v) is 11.7. The van der Waals surface area contributed by atoms with E-state index in [1.54, 1.807) is 37.3 Å². The normalized spacial score (nSPS) is 10.2. The van der Waals surface area contributed by atoms with E-state index in [-0.39, 0.29) is 17.6 Å². The molecule has 0 unspecified atom stereocenters. The Bertz CT molecular complexity index is 606. The summed E-state index contributed by atoms with van der Waals surface area (Å²) in [5.41, 5.74) is 2.18. The largest absolute Gasteiger partial charge is 0.508 e. The monoisotopic (exact) mass is 288 g/mol. The van der Waals surface area contributed by atoms with Gasteiger partial charge in [0.05, 0.1) is 0 Å². The fourth-order valence-electron chi connectivity index (χ4n) is 1.97. The lowest BCUT2D eigenvalue weighted by Crippen LogP contribution is -2.30. The van der Waals surface area contributed by atoms with E-state index in [1.165, 1.54) is 12.1 Å². The molecule has 4 nitrogen and oxygen atoms in total. The van der Waals surface area contributed by atoms with Crippen LogP contribution in [0.2, 0.25) is 0 Å². The van der Waals surface area contributed by atoms with E-state index >= 15 is 0 Å². The average molecular weight is 288 g/mol. The van der Waals surface area contributed by atoms with Crippen LogP contribution in [-0.2, 0) is 6.42 Å². The third-order valence-electron chi connectivity index (χ3n) is 2.94. The third kappa shape index (κ3) is 4.80. The Morgan fingerprint density at radius 2 is 1.90 bits per heavy atom. The van der Waals surface area contributed by atoms with Gasteiger partial charge >= 0.3 is 6.03 Å². The van der Waals surface area contributed by atoms with Crippen molar-refractivity contribution in [2.24, 2.45) is 0 Å². The molecule has 21 heavy (non-hydrogen) atoms. The molecule has 0 saturated carbocycles. The van der Waals surface area contributed by atoms with Crippen molar-refractivity contribution in [1.29, 1.82) is 0 Å². The molecule has 2 amide bonds. The maximum absolute atomic E-state index is 13.2. The number of phenols is 1. The molecule has 0 atom stereocenters. The zero-order chi connectivity index (χ0) is 15.2. The Labute approximate surface area is 122 Å². The number of urea groups is 1. The number of aromatic hydroxyl groups is 1. The van der Waals surface area contributed by atoms with Gasteiger partial charge < -0.3 is 15.7 Å². The number of rotatable bonds is 4. The Kier molecular flexibility index (Phi) is 4.77. The maximum Gasteiger partial charge on any atom is 0.319 e. The first-order valence-corrected chi connectivity index (χ1v) is 6.63. The van der Waals surface area contributed by atoms with Crippen LogP contribution >= 0.6 is 0 Å². The van der Waals surface area contributed by atoms with Crippen molar-refractivity contribution in [1.82, 2.24) is 5.32 Å². The van der Waals surface area contributed by atoms with Gasteiger partial charge in [0.2, 0.25) is 0 Å². The van der Waals surface area contributed by atoms with Crippen molar-refractivity contribution >= 4 is 11.7 Å². The van der Waals surface area contributed by atoms with E-state index in [1.807, 2.05) is 0 Å². The number of carbonyl (C=O) groups excluding carboxylic acids is 1. The van der Waals surface area contributed by atoms with Crippen LogP contribution in [0.15, 0.2) is 42.5 Å². The first-order chi connectivity index (χ1) is 10.0. The van der Waals surface area contributed by atoms with Crippen LogP contribution < -0.4 is 10.6 Å². The molecule has 0 heterocycles. The van der Waals surface area contributed by atoms with E-state index in [2.05, 4.69) is 10.6 Å². The summed E-state index contributed by atoms with van der Waals surface area (Å²) < 4.78 is 13.2. The third-order valence-corrected chi connectivity index (χ3v) is 2.94. The van der Waals surface area contributed by atoms with Crippen LogP contribution in [0.4, 0.5) is 14.9 Å². The summed E-state index contributed by atoms with van der Waals surface area (Å²) in [6.45, 7) is 2.21. The number of halogens is 1. The lowest BCUT2D eigenvalue weighted by molar-refractivity contribution is 0.252. The predicted octanol–water partition coefficient (Wildman–Crippen LogP) is 3.20. The molecule has 0 aliphatic rings. The Hall–Kier alpha value is -2.56. The van der Waals surface area contributed by atoms with Crippen molar-refractivity contribution in [3.63, 3.8) is 0 Å². The van der Waals surface area contributed by atoms with Crippen molar-refractivity contribution in [3.05, 3.63) is 59.4 Å². The standard InChI is InChI=1S/C16H17FN2O2/c1-11-8-13(17)10-14(9-11)19-16(21)18-7-6-12-2-4-15(20)5-3-12/h2-5,8-10,20H,6-7H2,1H3,(H2,18,19,21). The number of nitrogens with one attached hydrogen (secondary N) is 2. The summed E-state index contributed by atoms with van der Waals surface area (Å²) in [4.78, 5) is 11.7. The molecule has 110 valence electrons. The number of benzene rings is 2. The number of hydrogen-bond donors (Lipinski definition) is 3. The lowest BCUT2D eigenvalue weighted by Gasteiger charge is -2.08. The molecule has 0 fully saturated rings. The molecule has 2 aromatic rings. The van der Waals surface area contributed by atoms with Crippen LogP contribution in [0.1, 0.15) is 11.1 Å². The molecule has 3 N–H and O–H groups in total. The van der Waals surface area contributed by atoms with Crippen molar-refractivity contribution in [2.45, 2.75) is 13.3 Å². The van der Waals surface area contributed by atoms with Crippen LogP contribution in [0.25, 0.3) is 0 Å². The average Bonchev–Trinajstić information content (AvgIpc) is 2.39.